The number of phenols is 1. The number of halogens is 2. The topological polar surface area (TPSA) is 134 Å². The number of aliphatic carboxylic acids is 1. The Morgan fingerprint density at radius 3 is 2.74 bits per heavy atom. The molecule has 1 saturated carbocycles. The van der Waals surface area contributed by atoms with E-state index in [9.17, 15) is 19.8 Å². The van der Waals surface area contributed by atoms with E-state index in [1.165, 1.54) is 0 Å². The summed E-state index contributed by atoms with van der Waals surface area (Å²) in [5.74, 6) is -0.925. The lowest BCUT2D eigenvalue weighted by atomic mass is 9.48. The number of carboxylic acid groups (broad SMARTS) is 1. The van der Waals surface area contributed by atoms with Crippen molar-refractivity contribution >= 4 is 36.7 Å². The fraction of sp³-hybridized carbons (Fsp3) is 0.652. The molecule has 2 fully saturated rings. The number of ether oxygens (including phenoxy) is 2. The van der Waals surface area contributed by atoms with Gasteiger partial charge in [-0.3, -0.25) is 14.9 Å². The molecule has 0 radical (unpaired) electrons. The molecule has 0 unspecified atom stereocenters. The largest absolute Gasteiger partial charge is 0.504 e. The predicted octanol–water partition coefficient (Wildman–Crippen LogP) is 1.35. The van der Waals surface area contributed by atoms with E-state index >= 15 is 0 Å². The number of piperidine rings is 1. The zero-order valence-electron chi connectivity index (χ0n) is 19.3. The minimum Gasteiger partial charge on any atom is -0.504 e. The van der Waals surface area contributed by atoms with E-state index in [0.717, 1.165) is 36.9 Å². The van der Waals surface area contributed by atoms with Crippen LogP contribution in [0.2, 0.25) is 0 Å². The molecular weight excluding hydrogens is 485 g/mol. The fourth-order valence-corrected chi connectivity index (χ4v) is 7.13. The molecule has 5 rings (SSSR count). The fourth-order valence-electron chi connectivity index (χ4n) is 7.13. The number of nitrogens with zero attached hydrogens (tertiary/aromatic N) is 1. The highest BCUT2D eigenvalue weighted by Gasteiger charge is 2.73. The number of phenolic OH excluding ortho intramolecular Hbond substituents is 1. The van der Waals surface area contributed by atoms with E-state index < -0.39 is 28.9 Å². The van der Waals surface area contributed by atoms with Gasteiger partial charge < -0.3 is 30.3 Å². The molecule has 2 heterocycles. The first-order valence-electron chi connectivity index (χ1n) is 11.3. The van der Waals surface area contributed by atoms with Crippen LogP contribution in [-0.2, 0) is 26.2 Å². The molecule has 1 amide bonds. The number of benzene rings is 1. The summed E-state index contributed by atoms with van der Waals surface area (Å²) < 4.78 is 12.9. The molecule has 190 valence electrons. The van der Waals surface area contributed by atoms with E-state index in [0.29, 0.717) is 12.2 Å². The number of likely N-dealkylation sites (tertiary alicyclic amines) is 1. The molecule has 6 atom stereocenters. The molecule has 2 aliphatic heterocycles. The van der Waals surface area contributed by atoms with E-state index in [-0.39, 0.29) is 61.6 Å². The zero-order valence-corrected chi connectivity index (χ0v) is 20.9. The number of aromatic hydroxyl groups is 1. The third kappa shape index (κ3) is 3.47. The van der Waals surface area contributed by atoms with Crippen molar-refractivity contribution in [2.45, 2.75) is 73.8 Å². The maximum Gasteiger partial charge on any atom is 0.320 e. The number of carbonyl (C=O) groups is 2. The molecule has 2 aliphatic carbocycles. The van der Waals surface area contributed by atoms with Gasteiger partial charge in [0, 0.05) is 31.2 Å². The molecule has 4 aliphatic rings. The van der Waals surface area contributed by atoms with Gasteiger partial charge in [0.15, 0.2) is 11.5 Å². The summed E-state index contributed by atoms with van der Waals surface area (Å²) >= 11 is 0. The first-order valence-corrected chi connectivity index (χ1v) is 11.3. The van der Waals surface area contributed by atoms with Crippen molar-refractivity contribution in [1.29, 1.82) is 0 Å². The van der Waals surface area contributed by atoms with Crippen molar-refractivity contribution < 1.29 is 29.3 Å². The maximum atomic E-state index is 11.9. The summed E-state index contributed by atoms with van der Waals surface area (Å²) in [4.78, 5) is 25.5. The monoisotopic (exact) mass is 517 g/mol. The molecule has 1 spiro atoms. The van der Waals surface area contributed by atoms with Gasteiger partial charge in [0.25, 0.3) is 0 Å². The summed E-state index contributed by atoms with van der Waals surface area (Å²) in [6.07, 6.45) is 2.74. The number of primary amides is 1. The molecule has 2 bridgehead atoms. The highest BCUT2D eigenvalue weighted by Crippen LogP contribution is 2.66. The number of hydrogen-bond donors (Lipinski definition) is 4. The van der Waals surface area contributed by atoms with Crippen LogP contribution in [0, 0.1) is 0 Å². The molecule has 11 heteroatoms. The van der Waals surface area contributed by atoms with Gasteiger partial charge in [-0.25, -0.2) is 0 Å². The number of likely N-dealkylation sites (N-methyl/N-ethyl adjacent to an activating group) is 1. The minimum absolute atomic E-state index is 0. The van der Waals surface area contributed by atoms with Crippen molar-refractivity contribution in [2.24, 2.45) is 5.73 Å². The molecule has 9 nitrogen and oxygen atoms in total. The Hall–Kier alpha value is -1.78. The molecule has 1 aromatic rings. The summed E-state index contributed by atoms with van der Waals surface area (Å²) in [5, 5.41) is 23.7. The van der Waals surface area contributed by atoms with Crippen LogP contribution in [-0.4, -0.2) is 77.5 Å². The van der Waals surface area contributed by atoms with Crippen molar-refractivity contribution in [3.8, 4) is 11.5 Å². The smallest absolute Gasteiger partial charge is 0.320 e. The molecule has 34 heavy (non-hydrogen) atoms. The maximum absolute atomic E-state index is 11.9. The third-order valence-electron chi connectivity index (χ3n) is 8.45. The van der Waals surface area contributed by atoms with Crippen molar-refractivity contribution in [1.82, 2.24) is 10.2 Å². The lowest BCUT2D eigenvalue weighted by Crippen LogP contribution is -2.78. The Morgan fingerprint density at radius 1 is 1.35 bits per heavy atom. The van der Waals surface area contributed by atoms with Crippen LogP contribution < -0.4 is 15.8 Å². The average molecular weight is 518 g/mol. The van der Waals surface area contributed by atoms with E-state index in [1.807, 2.05) is 6.07 Å². The van der Waals surface area contributed by atoms with Crippen LogP contribution in [0.25, 0.3) is 0 Å². The van der Waals surface area contributed by atoms with Crippen LogP contribution in [0.4, 0.5) is 0 Å². The van der Waals surface area contributed by atoms with E-state index in [4.69, 9.17) is 15.2 Å². The zero-order chi connectivity index (χ0) is 22.8. The van der Waals surface area contributed by atoms with Crippen LogP contribution in [0.3, 0.4) is 0 Å². The number of carbonyl (C=O) groups excluding carboxylic acids is 1. The second-order valence-electron chi connectivity index (χ2n) is 9.71. The third-order valence-corrected chi connectivity index (χ3v) is 8.45. The Bertz CT molecular complexity index is 980. The lowest BCUT2D eigenvalue weighted by Gasteiger charge is -2.65. The van der Waals surface area contributed by atoms with Gasteiger partial charge in [-0.2, -0.15) is 0 Å². The first-order chi connectivity index (χ1) is 15.2. The van der Waals surface area contributed by atoms with Gasteiger partial charge in [0.05, 0.1) is 11.0 Å². The minimum atomic E-state index is -1.02. The van der Waals surface area contributed by atoms with Crippen LogP contribution >= 0.6 is 24.8 Å². The number of nitrogens with two attached hydrogens (primary N) is 1. The van der Waals surface area contributed by atoms with E-state index in [1.54, 1.807) is 13.2 Å². The highest BCUT2D eigenvalue weighted by molar-refractivity contribution is 5.85. The molecular formula is C23H33Cl2N3O6. The molecule has 5 N–H and O–H groups in total. The lowest BCUT2D eigenvalue weighted by molar-refractivity contribution is -0.204. The normalized spacial score (nSPS) is 33.5. The van der Waals surface area contributed by atoms with Gasteiger partial charge in [0.1, 0.15) is 12.1 Å². The second kappa shape index (κ2) is 9.35. The highest BCUT2D eigenvalue weighted by atomic mass is 35.5. The summed E-state index contributed by atoms with van der Waals surface area (Å²) in [6.45, 7) is 0.862. The number of methoxy groups -OCH3 is 1. The second-order valence-corrected chi connectivity index (χ2v) is 9.71. The Balaban J connectivity index is 0.00000162. The standard InChI is InChI=1S/C23H31N3O6.2ClH/c1-26-10-9-22-18-12-3-5-15(27)19(18)32-20(22)13(7-8-23(22,31-2)16(26)11-12)25-14(21(29)30)4-6-17(24)28;;/h3,5,13-14,16,20,25,27H,4,6-11H2,1-2H3,(H2,24,28)(H,29,30);2*1H/t13-,14+,16-,20+,22+,23-;;/m1../s1. The van der Waals surface area contributed by atoms with Crippen LogP contribution in [0.15, 0.2) is 12.1 Å². The Morgan fingerprint density at radius 2 is 2.09 bits per heavy atom. The van der Waals surface area contributed by atoms with Gasteiger partial charge in [-0.15, -0.1) is 24.8 Å². The van der Waals surface area contributed by atoms with Crippen molar-refractivity contribution in [3.63, 3.8) is 0 Å². The molecule has 1 aromatic carbocycles. The van der Waals surface area contributed by atoms with Crippen LogP contribution in [0.1, 0.15) is 43.2 Å². The van der Waals surface area contributed by atoms with Gasteiger partial charge >= 0.3 is 5.97 Å². The summed E-state index contributed by atoms with van der Waals surface area (Å²) in [5.41, 5.74) is 6.48. The predicted molar refractivity (Wildman–Crippen MR) is 129 cm³/mol. The number of hydrogen-bond acceptors (Lipinski definition) is 7. The van der Waals surface area contributed by atoms with Crippen LogP contribution in [0.5, 0.6) is 11.5 Å². The van der Waals surface area contributed by atoms with E-state index in [2.05, 4.69) is 17.3 Å². The molecule has 0 aromatic heterocycles. The van der Waals surface area contributed by atoms with Gasteiger partial charge in [0.2, 0.25) is 5.91 Å². The number of carboxylic acids is 1. The summed E-state index contributed by atoms with van der Waals surface area (Å²) in [6, 6.07) is 2.66. The molecule has 1 saturated heterocycles. The van der Waals surface area contributed by atoms with Gasteiger partial charge in [-0.1, -0.05) is 6.07 Å². The SMILES string of the molecule is CO[C@@]12CC[C@@H](N[C@@H](CCC(N)=O)C(=O)O)[C@@H]3Oc4c(O)ccc5c4[C@@]31CCN(C)[C@@H]2C5.Cl.Cl. The van der Waals surface area contributed by atoms with Gasteiger partial charge in [-0.05, 0) is 57.3 Å². The quantitative estimate of drug-likeness (QED) is 0.425. The Labute approximate surface area is 211 Å². The number of nitrogens with one attached hydrogen (secondary N) is 1. The number of rotatable bonds is 7. The van der Waals surface area contributed by atoms with Crippen molar-refractivity contribution in [2.75, 3.05) is 20.7 Å². The number of amides is 1. The average Bonchev–Trinajstić information content (AvgIpc) is 3.11. The summed E-state index contributed by atoms with van der Waals surface area (Å²) in [7, 11) is 3.89. The Kier molecular flexibility index (Phi) is 7.38. The van der Waals surface area contributed by atoms with Crippen molar-refractivity contribution in [3.05, 3.63) is 23.3 Å². The first kappa shape index (κ1) is 26.8.